The summed E-state index contributed by atoms with van der Waals surface area (Å²) in [6.45, 7) is 3.54. The zero-order valence-corrected chi connectivity index (χ0v) is 29.4. The largest absolute Gasteiger partial charge is 0.374 e. The number of hydrogen-bond acceptors (Lipinski definition) is 6. The number of hydrogen-bond donors (Lipinski definition) is 1. The maximum absolute atomic E-state index is 12.4. The van der Waals surface area contributed by atoms with Gasteiger partial charge in [0.1, 0.15) is 7.05 Å². The molecule has 0 unspecified atom stereocenters. The summed E-state index contributed by atoms with van der Waals surface area (Å²) in [5.41, 5.74) is 6.82. The van der Waals surface area contributed by atoms with Crippen molar-refractivity contribution in [1.82, 2.24) is 0 Å². The molecule has 0 bridgehead atoms. The van der Waals surface area contributed by atoms with Crippen LogP contribution in [0.4, 0.5) is 11.4 Å². The molecule has 0 saturated carbocycles. The number of nitrogens with two attached hydrogens (primary N) is 1. The lowest BCUT2D eigenvalue weighted by Crippen LogP contribution is -2.72. The van der Waals surface area contributed by atoms with Crippen molar-refractivity contribution in [1.29, 1.82) is 0 Å². The molecule has 8 heteroatoms. The molecule has 0 saturated heterocycles. The first-order chi connectivity index (χ1) is 22.3. The molecular formula is C38H48N4O2S2+2. The van der Waals surface area contributed by atoms with Gasteiger partial charge in [-0.25, -0.2) is 4.57 Å². The average molecular weight is 657 g/mol. The van der Waals surface area contributed by atoms with E-state index < -0.39 is 0 Å². The van der Waals surface area contributed by atoms with Crippen LogP contribution < -0.4 is 19.7 Å². The number of thioether (sulfide) groups is 2. The van der Waals surface area contributed by atoms with Crippen LogP contribution >= 0.6 is 23.5 Å². The molecule has 0 aliphatic carbocycles. The maximum Gasteiger partial charge on any atom is 0.189 e. The second-order valence-corrected chi connectivity index (χ2v) is 13.2. The summed E-state index contributed by atoms with van der Waals surface area (Å²) in [5, 5.41) is 2.16. The second kappa shape index (κ2) is 20.3. The minimum atomic E-state index is 0.0739. The average Bonchev–Trinajstić information content (AvgIpc) is 3.07. The van der Waals surface area contributed by atoms with Crippen LogP contribution in [0.25, 0.3) is 18.2 Å². The topological polar surface area (TPSA) is 61.1 Å². The van der Waals surface area contributed by atoms with Crippen molar-refractivity contribution in [3.63, 3.8) is 0 Å². The normalized spacial score (nSPS) is 12.0. The molecule has 0 fully saturated rings. The smallest absolute Gasteiger partial charge is 0.189 e. The minimum absolute atomic E-state index is 0.0739. The number of aromatic nitrogens is 1. The van der Waals surface area contributed by atoms with Crippen molar-refractivity contribution >= 4 is 63.4 Å². The van der Waals surface area contributed by atoms with Gasteiger partial charge in [-0.1, -0.05) is 78.2 Å². The molecule has 46 heavy (non-hydrogen) atoms. The summed E-state index contributed by atoms with van der Waals surface area (Å²) in [6, 6.07) is 21.0. The van der Waals surface area contributed by atoms with Gasteiger partial charge in [-0.2, -0.15) is 0 Å². The van der Waals surface area contributed by atoms with E-state index in [0.717, 1.165) is 46.7 Å². The third-order valence-corrected chi connectivity index (χ3v) is 9.16. The predicted molar refractivity (Wildman–Crippen MR) is 200 cm³/mol. The number of rotatable bonds is 17. The first kappa shape index (κ1) is 36.6. The number of benzene rings is 2. The molecule has 0 aliphatic heterocycles. The van der Waals surface area contributed by atoms with Gasteiger partial charge in [0.15, 0.2) is 22.6 Å². The molecule has 1 heterocycles. The van der Waals surface area contributed by atoms with Crippen LogP contribution in [0.1, 0.15) is 36.5 Å². The van der Waals surface area contributed by atoms with E-state index in [1.165, 1.54) is 23.5 Å². The van der Waals surface area contributed by atoms with E-state index >= 15 is 0 Å². The highest BCUT2D eigenvalue weighted by Crippen LogP contribution is 2.19. The Morgan fingerprint density at radius 2 is 1.17 bits per heavy atom. The molecule has 2 N–H and O–H groups in total. The summed E-state index contributed by atoms with van der Waals surface area (Å²) in [5.74, 6) is 1.38. The minimum Gasteiger partial charge on any atom is -0.374 e. The number of carbonyl (C=O) groups is 2. The van der Waals surface area contributed by atoms with Crippen molar-refractivity contribution in [3.8, 4) is 0 Å². The number of allylic oxidation sites excluding steroid dienone is 4. The summed E-state index contributed by atoms with van der Waals surface area (Å²) in [4.78, 5) is 29.1. The van der Waals surface area contributed by atoms with Crippen LogP contribution in [0.5, 0.6) is 0 Å². The molecule has 3 rings (SSSR count). The Labute approximate surface area is 284 Å². The van der Waals surface area contributed by atoms with Gasteiger partial charge in [-0.05, 0) is 59.5 Å². The summed E-state index contributed by atoms with van der Waals surface area (Å²) < 4.78 is 2.02. The van der Waals surface area contributed by atoms with Gasteiger partial charge in [0.2, 0.25) is 0 Å². The summed E-state index contributed by atoms with van der Waals surface area (Å²) >= 11 is 2.62. The van der Waals surface area contributed by atoms with Crippen LogP contribution in [0.2, 0.25) is 0 Å². The Bertz CT molecular complexity index is 1500. The molecule has 242 valence electrons. The van der Waals surface area contributed by atoms with Crippen LogP contribution in [-0.4, -0.2) is 56.0 Å². The molecular weight excluding hydrogens is 609 g/mol. The van der Waals surface area contributed by atoms with Gasteiger partial charge in [-0.15, -0.1) is 0 Å². The lowest BCUT2D eigenvalue weighted by Gasteiger charge is -2.19. The van der Waals surface area contributed by atoms with Gasteiger partial charge < -0.3 is 15.1 Å². The van der Waals surface area contributed by atoms with E-state index in [0.29, 0.717) is 11.5 Å². The molecule has 1 aromatic heterocycles. The molecule has 3 aromatic rings. The Kier molecular flexibility index (Phi) is 16.2. The van der Waals surface area contributed by atoms with Crippen molar-refractivity contribution in [3.05, 3.63) is 120 Å². The van der Waals surface area contributed by atoms with E-state index in [9.17, 15) is 9.59 Å². The van der Waals surface area contributed by atoms with E-state index in [-0.39, 0.29) is 23.1 Å². The Balaban J connectivity index is 1.29. The molecule has 0 atom stereocenters. The Hall–Kier alpha value is -3.85. The van der Waals surface area contributed by atoms with Crippen molar-refractivity contribution in [2.45, 2.75) is 19.8 Å². The second-order valence-electron chi connectivity index (χ2n) is 10.9. The highest BCUT2D eigenvalue weighted by atomic mass is 32.2. The fourth-order valence-corrected chi connectivity index (χ4v) is 6.02. The molecule has 0 radical (unpaired) electrons. The van der Waals surface area contributed by atoms with E-state index in [2.05, 4.69) is 107 Å². The highest BCUT2D eigenvalue weighted by molar-refractivity contribution is 8.14. The Morgan fingerprint density at radius 3 is 1.63 bits per heavy atom. The SMILES string of the molecule is C/C=C(\C=C/[NH2+]C)/C=C/c1ccc(N(C)CCSC(=O)CCC(=O)SCCN(C)c2ccc(/C=C/c3cc[n+](C)cc3)cc2)cc1. The van der Waals surface area contributed by atoms with E-state index in [1.807, 2.05) is 63.6 Å². The number of nitrogens with zero attached hydrogens (tertiary/aromatic N) is 3. The van der Waals surface area contributed by atoms with E-state index in [4.69, 9.17) is 0 Å². The van der Waals surface area contributed by atoms with Crippen LogP contribution in [0.3, 0.4) is 0 Å². The van der Waals surface area contributed by atoms with Gasteiger partial charge in [0.25, 0.3) is 0 Å². The standard InChI is InChI=1S/C38H47N4O2S2/c1-6-31(21-24-39-2)7-8-32-11-15-35(16-12-32)41(4)27-29-45-37(43)19-20-38(44)46-30-28-42(5)36-17-13-33(14-18-36)9-10-34-22-25-40(3)26-23-34/h6-18,21-26,39H,19-20,27-30H2,1-5H3/q+1/p+1/b8-7+,24-21-,31-6-. The number of anilines is 2. The van der Waals surface area contributed by atoms with Gasteiger partial charge in [0, 0.05) is 75.0 Å². The van der Waals surface area contributed by atoms with Crippen molar-refractivity contribution in [2.24, 2.45) is 7.05 Å². The first-order valence-electron chi connectivity index (χ1n) is 15.6. The maximum atomic E-state index is 12.4. The number of pyridine rings is 1. The van der Waals surface area contributed by atoms with Crippen LogP contribution in [0, 0.1) is 0 Å². The fourth-order valence-electron chi connectivity index (χ4n) is 4.34. The predicted octanol–water partition coefficient (Wildman–Crippen LogP) is 6.22. The summed E-state index contributed by atoms with van der Waals surface area (Å²) in [6.07, 6.45) is 19.3. The first-order valence-corrected chi connectivity index (χ1v) is 17.6. The molecule has 0 spiro atoms. The van der Waals surface area contributed by atoms with Crippen molar-refractivity contribution in [2.75, 3.05) is 55.5 Å². The molecule has 0 amide bonds. The van der Waals surface area contributed by atoms with Crippen LogP contribution in [0.15, 0.2) is 103 Å². The molecule has 0 aliphatic rings. The third-order valence-electron chi connectivity index (χ3n) is 7.34. The zero-order valence-electron chi connectivity index (χ0n) is 27.8. The zero-order chi connectivity index (χ0) is 33.1. The molecule has 2 aromatic carbocycles. The number of aryl methyl sites for hydroxylation is 1. The van der Waals surface area contributed by atoms with Gasteiger partial charge in [-0.3, -0.25) is 9.59 Å². The van der Waals surface area contributed by atoms with Gasteiger partial charge >= 0.3 is 0 Å². The summed E-state index contributed by atoms with van der Waals surface area (Å²) in [7, 11) is 8.09. The van der Waals surface area contributed by atoms with Crippen molar-refractivity contribution < 1.29 is 19.5 Å². The van der Waals surface area contributed by atoms with Gasteiger partial charge in [0.05, 0.1) is 13.2 Å². The lowest BCUT2D eigenvalue weighted by molar-refractivity contribution is -0.671. The molecule has 6 nitrogen and oxygen atoms in total. The van der Waals surface area contributed by atoms with E-state index in [1.54, 1.807) is 0 Å². The Morgan fingerprint density at radius 1 is 0.717 bits per heavy atom. The lowest BCUT2D eigenvalue weighted by atomic mass is 10.1. The number of quaternary nitrogens is 1. The van der Waals surface area contributed by atoms with Crippen LogP contribution in [-0.2, 0) is 16.6 Å². The number of carbonyl (C=O) groups excluding carboxylic acids is 2. The fraction of sp³-hybridized carbons (Fsp3) is 0.289. The highest BCUT2D eigenvalue weighted by Gasteiger charge is 2.10. The quantitative estimate of drug-likeness (QED) is 0.138. The third kappa shape index (κ3) is 13.6. The monoisotopic (exact) mass is 656 g/mol.